The molecule has 0 spiro atoms. The summed E-state index contributed by atoms with van der Waals surface area (Å²) in [5.41, 5.74) is 1.51. The van der Waals surface area contributed by atoms with E-state index in [9.17, 15) is 0 Å². The van der Waals surface area contributed by atoms with Crippen molar-refractivity contribution < 1.29 is 0 Å². The standard InChI is InChI=1S/C13H10Se/c1-2-6-11-10(5-1)9-14-13-8-4-3-7-12(11)13/h1-9,13H. The molecule has 0 aromatic heterocycles. The molecule has 1 heteroatoms. The molecule has 0 bridgehead atoms. The van der Waals surface area contributed by atoms with Crippen LogP contribution >= 0.6 is 0 Å². The first-order valence-electron chi connectivity index (χ1n) is 4.75. The van der Waals surface area contributed by atoms with Crippen LogP contribution in [0.15, 0.2) is 48.6 Å². The van der Waals surface area contributed by atoms with Crippen molar-refractivity contribution in [1.82, 2.24) is 0 Å². The molecule has 0 amide bonds. The van der Waals surface area contributed by atoms with Gasteiger partial charge in [-0.15, -0.1) is 0 Å². The van der Waals surface area contributed by atoms with Gasteiger partial charge >= 0.3 is 89.3 Å². The second-order valence-corrected chi connectivity index (χ2v) is 5.59. The minimum atomic E-state index is 0.588. The normalized spacial score (nSPS) is 22.6. The summed E-state index contributed by atoms with van der Waals surface area (Å²) in [7, 11) is 0. The van der Waals surface area contributed by atoms with Gasteiger partial charge in [0.2, 0.25) is 0 Å². The summed E-state index contributed by atoms with van der Waals surface area (Å²) in [5.74, 6) is 0. The molecular weight excluding hydrogens is 235 g/mol. The predicted octanol–water partition coefficient (Wildman–Crippen LogP) is 1.21. The molecule has 0 saturated carbocycles. The third-order valence-corrected chi connectivity index (χ3v) is 4.89. The van der Waals surface area contributed by atoms with E-state index in [0.717, 1.165) is 0 Å². The molecule has 0 radical (unpaired) electrons. The molecule has 0 fully saturated rings. The fourth-order valence-electron chi connectivity index (χ4n) is 1.89. The number of benzene rings is 1. The van der Waals surface area contributed by atoms with E-state index in [1.165, 1.54) is 16.0 Å². The Kier molecular flexibility index (Phi) is 1.93. The average molecular weight is 245 g/mol. The molecule has 1 atom stereocenters. The van der Waals surface area contributed by atoms with Crippen LogP contribution in [0, 0.1) is 0 Å². The van der Waals surface area contributed by atoms with Crippen molar-refractivity contribution in [1.29, 1.82) is 0 Å². The molecular formula is C13H10Se. The van der Waals surface area contributed by atoms with Crippen molar-refractivity contribution in [3.63, 3.8) is 0 Å². The van der Waals surface area contributed by atoms with E-state index in [1.54, 1.807) is 0 Å². The maximum absolute atomic E-state index is 2.40. The van der Waals surface area contributed by atoms with E-state index in [-0.39, 0.29) is 0 Å². The first-order valence-corrected chi connectivity index (χ1v) is 6.73. The summed E-state index contributed by atoms with van der Waals surface area (Å²) in [6.45, 7) is 0. The summed E-state index contributed by atoms with van der Waals surface area (Å²) in [5, 5.41) is 2.84. The minimum absolute atomic E-state index is 0.588. The van der Waals surface area contributed by atoms with Crippen LogP contribution in [-0.2, 0) is 0 Å². The molecule has 1 unspecified atom stereocenters. The summed E-state index contributed by atoms with van der Waals surface area (Å²) in [6, 6.07) is 8.69. The zero-order valence-corrected chi connectivity index (χ0v) is 9.39. The molecule has 1 aliphatic heterocycles. The monoisotopic (exact) mass is 246 g/mol. The Morgan fingerprint density at radius 3 is 3.00 bits per heavy atom. The van der Waals surface area contributed by atoms with Crippen LogP contribution < -0.4 is 10.4 Å². The van der Waals surface area contributed by atoms with Crippen LogP contribution in [0.2, 0.25) is 4.82 Å². The van der Waals surface area contributed by atoms with E-state index in [0.29, 0.717) is 19.8 Å². The molecule has 68 valence electrons. The van der Waals surface area contributed by atoms with Crippen molar-refractivity contribution in [2.24, 2.45) is 0 Å². The van der Waals surface area contributed by atoms with E-state index in [2.05, 4.69) is 53.5 Å². The van der Waals surface area contributed by atoms with Gasteiger partial charge in [-0.3, -0.25) is 0 Å². The molecule has 1 heterocycles. The van der Waals surface area contributed by atoms with Crippen molar-refractivity contribution in [2.45, 2.75) is 4.82 Å². The molecule has 1 aliphatic carbocycles. The Morgan fingerprint density at radius 1 is 1.07 bits per heavy atom. The van der Waals surface area contributed by atoms with E-state index < -0.39 is 0 Å². The molecule has 0 saturated heterocycles. The average Bonchev–Trinajstić information content (AvgIpc) is 2.29. The van der Waals surface area contributed by atoms with Gasteiger partial charge in [-0.05, 0) is 0 Å². The molecule has 1 aromatic carbocycles. The molecule has 1 aromatic rings. The third kappa shape index (κ3) is 1.21. The molecule has 3 rings (SSSR count). The van der Waals surface area contributed by atoms with Crippen LogP contribution in [0.1, 0.15) is 0 Å². The van der Waals surface area contributed by atoms with E-state index >= 15 is 0 Å². The predicted molar refractivity (Wildman–Crippen MR) is 61.3 cm³/mol. The zero-order chi connectivity index (χ0) is 9.38. The van der Waals surface area contributed by atoms with Crippen molar-refractivity contribution >= 4 is 25.5 Å². The summed E-state index contributed by atoms with van der Waals surface area (Å²) < 4.78 is 0. The van der Waals surface area contributed by atoms with E-state index in [4.69, 9.17) is 0 Å². The topological polar surface area (TPSA) is 0 Å². The Labute approximate surface area is 89.5 Å². The van der Waals surface area contributed by atoms with Gasteiger partial charge in [0.15, 0.2) is 0 Å². The first kappa shape index (κ1) is 8.28. The van der Waals surface area contributed by atoms with Crippen LogP contribution in [0.5, 0.6) is 0 Å². The summed E-state index contributed by atoms with van der Waals surface area (Å²) in [6.07, 6.45) is 8.89. The summed E-state index contributed by atoms with van der Waals surface area (Å²) in [4.78, 5) is 3.07. The fraction of sp³-hybridized carbons (Fsp3) is 0.0769. The number of rotatable bonds is 0. The van der Waals surface area contributed by atoms with Gasteiger partial charge in [0.25, 0.3) is 0 Å². The maximum atomic E-state index is 2.40. The molecule has 0 nitrogen and oxygen atoms in total. The Bertz CT molecular complexity index is 535. The van der Waals surface area contributed by atoms with Gasteiger partial charge in [-0.1, -0.05) is 0 Å². The Balaban J connectivity index is 2.40. The van der Waals surface area contributed by atoms with Crippen LogP contribution in [0.25, 0.3) is 10.5 Å². The van der Waals surface area contributed by atoms with Gasteiger partial charge in [0.1, 0.15) is 0 Å². The zero-order valence-electron chi connectivity index (χ0n) is 7.68. The SMILES string of the molecule is C1=CC2=c3ccccc3=C[Se]C2C=C1. The van der Waals surface area contributed by atoms with Gasteiger partial charge < -0.3 is 0 Å². The second kappa shape index (κ2) is 3.27. The van der Waals surface area contributed by atoms with Crippen molar-refractivity contribution in [3.05, 3.63) is 59.0 Å². The van der Waals surface area contributed by atoms with Crippen molar-refractivity contribution in [2.75, 3.05) is 0 Å². The molecule has 2 aliphatic rings. The Hall–Kier alpha value is -1.04. The molecule has 14 heavy (non-hydrogen) atoms. The van der Waals surface area contributed by atoms with E-state index in [1.807, 2.05) is 0 Å². The number of hydrogen-bond acceptors (Lipinski definition) is 0. The van der Waals surface area contributed by atoms with Gasteiger partial charge in [-0.25, -0.2) is 0 Å². The van der Waals surface area contributed by atoms with Crippen LogP contribution in [0.4, 0.5) is 0 Å². The number of fused-ring (bicyclic) bond motifs is 2. The van der Waals surface area contributed by atoms with Gasteiger partial charge in [-0.2, -0.15) is 0 Å². The summed E-state index contributed by atoms with van der Waals surface area (Å²) >= 11 is 0.588. The van der Waals surface area contributed by atoms with Crippen molar-refractivity contribution in [3.8, 4) is 0 Å². The quantitative estimate of drug-likeness (QED) is 0.603. The van der Waals surface area contributed by atoms with Gasteiger partial charge in [0.05, 0.1) is 0 Å². The van der Waals surface area contributed by atoms with Gasteiger partial charge in [0, 0.05) is 0 Å². The first-order chi connectivity index (χ1) is 6.95. The van der Waals surface area contributed by atoms with Crippen LogP contribution in [-0.4, -0.2) is 15.0 Å². The van der Waals surface area contributed by atoms with Crippen LogP contribution in [0.3, 0.4) is 0 Å². The number of allylic oxidation sites excluding steroid dienone is 4. The Morgan fingerprint density at radius 2 is 2.00 bits per heavy atom. The second-order valence-electron chi connectivity index (χ2n) is 3.46. The molecule has 0 N–H and O–H groups in total. The third-order valence-electron chi connectivity index (χ3n) is 2.59. The number of hydrogen-bond donors (Lipinski definition) is 0. The fourth-order valence-corrected chi connectivity index (χ4v) is 4.06.